The number of thiol groups is 4. The van der Waals surface area contributed by atoms with Crippen molar-refractivity contribution >= 4 is 138 Å². The van der Waals surface area contributed by atoms with Crippen LogP contribution in [0.2, 0.25) is 0 Å². The van der Waals surface area contributed by atoms with Gasteiger partial charge in [-0.15, -0.1) is 50.5 Å². The normalized spacial score (nSPS) is 11.3. The molecule has 0 aliphatic rings. The van der Waals surface area contributed by atoms with Crippen LogP contribution >= 0.6 is 50.5 Å². The maximum absolute atomic E-state index is 4.91. The second kappa shape index (κ2) is 29.1. The Kier molecular flexibility index (Phi) is 20.4. The van der Waals surface area contributed by atoms with Crippen LogP contribution < -0.4 is 19.6 Å². The van der Waals surface area contributed by atoms with Crippen LogP contribution in [0.5, 0.6) is 0 Å². The zero-order valence-corrected chi connectivity index (χ0v) is 50.8. The number of hydrogen-bond donors (Lipinski definition) is 4. The summed E-state index contributed by atoms with van der Waals surface area (Å²) in [7, 11) is 0. The van der Waals surface area contributed by atoms with E-state index in [0.29, 0.717) is 0 Å². The van der Waals surface area contributed by atoms with Gasteiger partial charge >= 0.3 is 0 Å². The van der Waals surface area contributed by atoms with Crippen LogP contribution in [0.25, 0.3) is 19.6 Å². The Hall–Kier alpha value is -8.79. The van der Waals surface area contributed by atoms with Gasteiger partial charge in [-0.05, 0) is 168 Å². The molecule has 0 aliphatic heterocycles. The molecule has 0 spiro atoms. The van der Waals surface area contributed by atoms with Crippen molar-refractivity contribution < 1.29 is 16.5 Å². The summed E-state index contributed by atoms with van der Waals surface area (Å²) in [5, 5.41) is 0. The molecule has 418 valence electrons. The molecule has 0 aliphatic carbocycles. The molecule has 0 aromatic heterocycles. The summed E-state index contributed by atoms with van der Waals surface area (Å²) in [6.45, 7) is 0. The number of para-hydroxylation sites is 8. The molecule has 0 saturated heterocycles. The van der Waals surface area contributed by atoms with Crippen molar-refractivity contribution in [2.75, 3.05) is 19.6 Å². The molecule has 12 aromatic rings. The van der Waals surface area contributed by atoms with E-state index >= 15 is 0 Å². The molecule has 0 heterocycles. The van der Waals surface area contributed by atoms with Crippen molar-refractivity contribution in [1.29, 1.82) is 0 Å². The minimum absolute atomic E-state index is 0. The van der Waals surface area contributed by atoms with Gasteiger partial charge in [0.1, 0.15) is 0 Å². The SMILES string of the molecule is SC(=C(S)c1ccc(N(c2ccccc2)c2ccccc2)cc1)c1ccc(N(c2ccccc2)c2ccccc2)cc1.SC(=C(S)c1ccc(N(c2ccccc2)c2ccccc2)cc1)c1ccc(N(c2ccccc2)c2ccccc2)cc1.[Ni]. The summed E-state index contributed by atoms with van der Waals surface area (Å²) in [5.74, 6) is 0. The van der Waals surface area contributed by atoms with E-state index in [1.165, 1.54) is 0 Å². The number of rotatable bonds is 16. The van der Waals surface area contributed by atoms with E-state index in [4.69, 9.17) is 50.5 Å². The second-order valence-corrected chi connectivity index (χ2v) is 21.4. The summed E-state index contributed by atoms with van der Waals surface area (Å²) in [6, 6.07) is 117. The molecule has 12 rings (SSSR count). The van der Waals surface area contributed by atoms with Crippen LogP contribution in [0, 0.1) is 0 Å². The van der Waals surface area contributed by atoms with Gasteiger partial charge in [-0.3, -0.25) is 0 Å². The van der Waals surface area contributed by atoms with Gasteiger partial charge < -0.3 is 19.6 Å². The van der Waals surface area contributed by atoms with Gasteiger partial charge in [0.25, 0.3) is 0 Å². The molecule has 4 nitrogen and oxygen atoms in total. The summed E-state index contributed by atoms with van der Waals surface area (Å²) < 4.78 is 0. The van der Waals surface area contributed by atoms with Gasteiger partial charge in [-0.2, -0.15) is 0 Å². The predicted octanol–water partition coefficient (Wildman–Crippen LogP) is 22.6. The molecule has 0 radical (unpaired) electrons. The Morgan fingerprint density at radius 2 is 0.259 bits per heavy atom. The topological polar surface area (TPSA) is 13.0 Å². The summed E-state index contributed by atoms with van der Waals surface area (Å²) in [4.78, 5) is 12.3. The minimum atomic E-state index is 0. The fourth-order valence-corrected chi connectivity index (χ4v) is 11.1. The standard InChI is InChI=1S/2C38H30N2S2.Ni/c2*41-37(29-21-25-35(26-22-29)39(31-13-5-1-6-14-31)32-15-7-2-8-16-32)38(42)30-23-27-36(28-24-30)40(33-17-9-3-10-18-33)34-19-11-4-12-20-34;/h2*1-28,41-42H;. The zero-order chi connectivity index (χ0) is 57.5. The van der Waals surface area contributed by atoms with E-state index in [-0.39, 0.29) is 16.5 Å². The van der Waals surface area contributed by atoms with Gasteiger partial charge in [-0.25, -0.2) is 0 Å². The molecule has 0 unspecified atom stereocenters. The minimum Gasteiger partial charge on any atom is -0.311 e. The van der Waals surface area contributed by atoms with Crippen molar-refractivity contribution in [3.63, 3.8) is 0 Å². The van der Waals surface area contributed by atoms with Crippen LogP contribution in [0.15, 0.2) is 340 Å². The molecule has 0 bridgehead atoms. The van der Waals surface area contributed by atoms with Crippen LogP contribution in [0.1, 0.15) is 22.3 Å². The zero-order valence-electron chi connectivity index (χ0n) is 46.2. The van der Waals surface area contributed by atoms with E-state index < -0.39 is 0 Å². The maximum Gasteiger partial charge on any atom is 0.0462 e. The van der Waals surface area contributed by atoms with Crippen molar-refractivity contribution in [2.24, 2.45) is 0 Å². The summed E-state index contributed by atoms with van der Waals surface area (Å²) in [5.41, 5.74) is 17.2. The van der Waals surface area contributed by atoms with Crippen LogP contribution in [0.4, 0.5) is 68.2 Å². The van der Waals surface area contributed by atoms with E-state index in [1.807, 2.05) is 48.5 Å². The largest absolute Gasteiger partial charge is 0.311 e. The van der Waals surface area contributed by atoms with Crippen molar-refractivity contribution in [1.82, 2.24) is 0 Å². The molecule has 0 amide bonds. The third-order valence-electron chi connectivity index (χ3n) is 14.2. The molecule has 9 heteroatoms. The number of nitrogens with zero attached hydrogens (tertiary/aromatic N) is 4. The van der Waals surface area contributed by atoms with E-state index in [0.717, 1.165) is 110 Å². The van der Waals surface area contributed by atoms with Gasteiger partial charge in [0, 0.05) is 104 Å². The second-order valence-electron chi connectivity index (χ2n) is 19.6. The number of anilines is 12. The molecule has 0 fully saturated rings. The summed E-state index contributed by atoms with van der Waals surface area (Å²) >= 11 is 19.6. The molecular formula is C76H60N4NiS4. The van der Waals surface area contributed by atoms with Crippen molar-refractivity contribution in [2.45, 2.75) is 0 Å². The molecule has 12 aromatic carbocycles. The third-order valence-corrected chi connectivity index (χ3v) is 16.4. The smallest absolute Gasteiger partial charge is 0.0462 e. The predicted molar refractivity (Wildman–Crippen MR) is 374 cm³/mol. The van der Waals surface area contributed by atoms with Gasteiger partial charge in [0.15, 0.2) is 0 Å². The van der Waals surface area contributed by atoms with E-state index in [9.17, 15) is 0 Å². The quantitative estimate of drug-likeness (QED) is 0.0437. The Morgan fingerprint density at radius 1 is 0.153 bits per heavy atom. The maximum atomic E-state index is 4.91. The van der Waals surface area contributed by atoms with Crippen LogP contribution in [-0.4, -0.2) is 0 Å². The van der Waals surface area contributed by atoms with Gasteiger partial charge in [0.2, 0.25) is 0 Å². The van der Waals surface area contributed by atoms with Gasteiger partial charge in [0.05, 0.1) is 0 Å². The Labute approximate surface area is 532 Å². The Morgan fingerprint density at radius 3 is 0.376 bits per heavy atom. The van der Waals surface area contributed by atoms with E-state index in [2.05, 4.69) is 311 Å². The van der Waals surface area contributed by atoms with Crippen molar-refractivity contribution in [3.05, 3.63) is 362 Å². The first-order chi connectivity index (χ1) is 41.4. The van der Waals surface area contributed by atoms with Crippen LogP contribution in [-0.2, 0) is 16.5 Å². The van der Waals surface area contributed by atoms with E-state index in [1.54, 1.807) is 0 Å². The Bertz CT molecular complexity index is 3360. The number of benzene rings is 12. The molecule has 0 N–H and O–H groups in total. The Balaban J connectivity index is 0.000000187. The van der Waals surface area contributed by atoms with Crippen LogP contribution in [0.3, 0.4) is 0 Å². The average Bonchev–Trinajstić information content (AvgIpc) is 3.67. The first-order valence-corrected chi connectivity index (χ1v) is 29.4. The molecular weight excluding hydrogens is 1160 g/mol. The summed E-state index contributed by atoms with van der Waals surface area (Å²) in [6.07, 6.45) is 0. The average molecular weight is 1220 g/mol. The first kappa shape index (κ1) is 59.4. The molecule has 0 atom stereocenters. The fraction of sp³-hybridized carbons (Fsp3) is 0. The monoisotopic (exact) mass is 1210 g/mol. The van der Waals surface area contributed by atoms with Crippen molar-refractivity contribution in [3.8, 4) is 0 Å². The fourth-order valence-electron chi connectivity index (χ4n) is 10.0. The first-order valence-electron chi connectivity index (χ1n) is 27.6. The number of hydrogen-bond acceptors (Lipinski definition) is 8. The molecule has 0 saturated carbocycles. The third kappa shape index (κ3) is 14.4. The molecule has 85 heavy (non-hydrogen) atoms. The van der Waals surface area contributed by atoms with Gasteiger partial charge in [-0.1, -0.05) is 194 Å².